The van der Waals surface area contributed by atoms with Crippen LogP contribution in [-0.4, -0.2) is 20.6 Å². The predicted molar refractivity (Wildman–Crippen MR) is 145 cm³/mol. The molecule has 35 heavy (non-hydrogen) atoms. The van der Waals surface area contributed by atoms with Crippen molar-refractivity contribution < 1.29 is 4.79 Å². The second-order valence-corrected chi connectivity index (χ2v) is 10.4. The molecule has 1 aromatic carbocycles. The zero-order valence-electron chi connectivity index (χ0n) is 19.9. The lowest BCUT2D eigenvalue weighted by molar-refractivity contribution is -0.118. The van der Waals surface area contributed by atoms with Gasteiger partial charge in [-0.2, -0.15) is 0 Å². The minimum Gasteiger partial charge on any atom is -0.351 e. The van der Waals surface area contributed by atoms with Gasteiger partial charge in [-0.15, -0.1) is 0 Å². The molecule has 0 spiro atoms. The van der Waals surface area contributed by atoms with Gasteiger partial charge in [0.1, 0.15) is 6.04 Å². The fourth-order valence-corrected chi connectivity index (χ4v) is 5.71. The van der Waals surface area contributed by atoms with Crippen LogP contribution in [0.2, 0.25) is 5.02 Å². The van der Waals surface area contributed by atoms with E-state index >= 15 is 0 Å². The summed E-state index contributed by atoms with van der Waals surface area (Å²) >= 11 is 12.5. The quantitative estimate of drug-likeness (QED) is 0.377. The molecule has 1 amide bonds. The highest BCUT2D eigenvalue weighted by molar-refractivity contribution is 7.80. The van der Waals surface area contributed by atoms with Crippen molar-refractivity contribution in [1.29, 1.82) is 0 Å². The van der Waals surface area contributed by atoms with Crippen LogP contribution in [0.15, 0.2) is 60.9 Å². The van der Waals surface area contributed by atoms with Crippen molar-refractivity contribution in [3.8, 4) is 0 Å². The van der Waals surface area contributed by atoms with E-state index in [9.17, 15) is 4.79 Å². The number of carbonyl (C=O) groups excluding carboxylic acids is 1. The minimum absolute atomic E-state index is 0.0690. The summed E-state index contributed by atoms with van der Waals surface area (Å²) in [6, 6.07) is 16.3. The fourth-order valence-electron chi connectivity index (χ4n) is 5.14. The molecule has 8 heteroatoms. The van der Waals surface area contributed by atoms with Crippen molar-refractivity contribution >= 4 is 46.2 Å². The molecule has 1 saturated carbocycles. The third-order valence-electron chi connectivity index (χ3n) is 6.94. The average Bonchev–Trinajstić information content (AvgIpc) is 3.60. The molecule has 2 aromatic heterocycles. The van der Waals surface area contributed by atoms with E-state index < -0.39 is 0 Å². The van der Waals surface area contributed by atoms with E-state index in [1.165, 1.54) is 31.4 Å². The topological polar surface area (TPSA) is 62.2 Å². The van der Waals surface area contributed by atoms with Crippen LogP contribution in [0.1, 0.15) is 69.0 Å². The van der Waals surface area contributed by atoms with Crippen molar-refractivity contribution in [1.82, 2.24) is 14.9 Å². The maximum atomic E-state index is 12.2. The number of rotatable bonds is 6. The zero-order valence-corrected chi connectivity index (χ0v) is 21.5. The highest BCUT2D eigenvalue weighted by Crippen LogP contribution is 2.44. The molecule has 182 valence electrons. The first-order chi connectivity index (χ1) is 16.9. The summed E-state index contributed by atoms with van der Waals surface area (Å²) in [7, 11) is 0. The van der Waals surface area contributed by atoms with Gasteiger partial charge >= 0.3 is 0 Å². The van der Waals surface area contributed by atoms with Crippen molar-refractivity contribution in [3.05, 3.63) is 77.3 Å². The summed E-state index contributed by atoms with van der Waals surface area (Å²) in [5.41, 5.74) is 3.61. The summed E-state index contributed by atoms with van der Waals surface area (Å²) in [6.07, 6.45) is 8.91. The molecule has 3 aromatic rings. The van der Waals surface area contributed by atoms with Crippen LogP contribution in [0.3, 0.4) is 0 Å². The predicted octanol–water partition coefficient (Wildman–Crippen LogP) is 6.42. The monoisotopic (exact) mass is 507 g/mol. The summed E-state index contributed by atoms with van der Waals surface area (Å²) < 4.78 is 2.43. The minimum atomic E-state index is -0.131. The normalized spacial score (nSPS) is 20.5. The molecule has 0 radical (unpaired) electrons. The summed E-state index contributed by atoms with van der Waals surface area (Å²) in [5, 5.41) is 7.53. The molecule has 0 unspecified atom stereocenters. The van der Waals surface area contributed by atoms with Gasteiger partial charge in [0, 0.05) is 35.7 Å². The number of halogens is 1. The van der Waals surface area contributed by atoms with E-state index in [4.69, 9.17) is 23.8 Å². The number of carbonyl (C=O) groups is 1. The number of amides is 1. The second kappa shape index (κ2) is 9.99. The molecule has 1 saturated heterocycles. The fraction of sp³-hybridized carbons (Fsp3) is 0.370. The van der Waals surface area contributed by atoms with Crippen LogP contribution in [0.25, 0.3) is 0 Å². The molecular formula is C27H30ClN5OS. The van der Waals surface area contributed by atoms with Gasteiger partial charge < -0.3 is 20.1 Å². The maximum absolute atomic E-state index is 12.2. The van der Waals surface area contributed by atoms with Gasteiger partial charge in [-0.05, 0) is 67.5 Å². The Morgan fingerprint density at radius 3 is 2.66 bits per heavy atom. The average molecular weight is 508 g/mol. The molecule has 2 fully saturated rings. The molecule has 1 aliphatic carbocycles. The second-order valence-electron chi connectivity index (χ2n) is 9.58. The molecular weight excluding hydrogens is 478 g/mol. The lowest BCUT2D eigenvalue weighted by Crippen LogP contribution is -2.30. The molecule has 2 aliphatic rings. The Hall–Kier alpha value is -2.90. The molecule has 5 rings (SSSR count). The van der Waals surface area contributed by atoms with Gasteiger partial charge in [0.25, 0.3) is 0 Å². The summed E-state index contributed by atoms with van der Waals surface area (Å²) in [4.78, 5) is 19.0. The number of pyridine rings is 1. The smallest absolute Gasteiger partial charge is 0.226 e. The van der Waals surface area contributed by atoms with Crippen molar-refractivity contribution in [2.45, 2.75) is 57.7 Å². The lowest BCUT2D eigenvalue weighted by Gasteiger charge is -2.30. The number of hydrogen-bond donors (Lipinski definition) is 2. The number of nitrogens with zero attached hydrogens (tertiary/aromatic N) is 3. The molecule has 2 atom stereocenters. The van der Waals surface area contributed by atoms with Crippen molar-refractivity contribution in [2.24, 2.45) is 5.92 Å². The Kier molecular flexibility index (Phi) is 6.80. The first-order valence-corrected chi connectivity index (χ1v) is 13.0. The van der Waals surface area contributed by atoms with E-state index in [-0.39, 0.29) is 23.9 Å². The van der Waals surface area contributed by atoms with Gasteiger partial charge in [0.05, 0.1) is 22.4 Å². The van der Waals surface area contributed by atoms with Gasteiger partial charge in [-0.3, -0.25) is 9.78 Å². The van der Waals surface area contributed by atoms with Crippen molar-refractivity contribution in [2.75, 3.05) is 10.2 Å². The third-order valence-corrected chi connectivity index (χ3v) is 7.57. The number of anilines is 2. The van der Waals surface area contributed by atoms with Gasteiger partial charge in [-0.1, -0.05) is 44.4 Å². The highest BCUT2D eigenvalue weighted by atomic mass is 35.5. The van der Waals surface area contributed by atoms with Crippen LogP contribution in [-0.2, 0) is 4.79 Å². The Morgan fingerprint density at radius 1 is 1.17 bits per heavy atom. The Balaban J connectivity index is 1.56. The maximum Gasteiger partial charge on any atom is 0.226 e. The van der Waals surface area contributed by atoms with E-state index in [1.54, 1.807) is 0 Å². The number of thiocarbonyl (C=S) groups is 1. The molecule has 6 nitrogen and oxygen atoms in total. The Bertz CT molecular complexity index is 1220. The van der Waals surface area contributed by atoms with E-state index in [2.05, 4.69) is 43.4 Å². The van der Waals surface area contributed by atoms with Crippen LogP contribution < -0.4 is 15.5 Å². The van der Waals surface area contributed by atoms with Gasteiger partial charge in [-0.25, -0.2) is 0 Å². The molecule has 1 aliphatic heterocycles. The van der Waals surface area contributed by atoms with Gasteiger partial charge in [0.15, 0.2) is 5.11 Å². The van der Waals surface area contributed by atoms with Crippen LogP contribution >= 0.6 is 23.8 Å². The van der Waals surface area contributed by atoms with Crippen molar-refractivity contribution in [3.63, 3.8) is 0 Å². The Labute approximate surface area is 216 Å². The third kappa shape index (κ3) is 4.67. The van der Waals surface area contributed by atoms with Crippen LogP contribution in [0.4, 0.5) is 11.4 Å². The largest absolute Gasteiger partial charge is 0.351 e. The molecule has 3 heterocycles. The summed E-state index contributed by atoms with van der Waals surface area (Å²) in [6.45, 7) is 3.71. The van der Waals surface area contributed by atoms with E-state index in [1.807, 2.05) is 56.4 Å². The number of nitrogens with one attached hydrogen (secondary N) is 2. The standard InChI is InChI=1S/C27H30ClN5OS/c1-17(2)26(34)30-21-13-12-19(16-20(21)28)33-25(23-11-7-15-32(23)18-8-3-4-9-18)24(31-27(33)35)22-10-5-6-14-29-22/h5-7,10-18,24-25H,3-4,8-9H2,1-2H3,(H,30,34)(H,31,35)/t24-,25-/m1/s1. The number of benzene rings is 1. The molecule has 0 bridgehead atoms. The number of aromatic nitrogens is 2. The first kappa shape index (κ1) is 23.8. The van der Waals surface area contributed by atoms with E-state index in [0.29, 0.717) is 21.9 Å². The summed E-state index contributed by atoms with van der Waals surface area (Å²) in [5.74, 6) is -0.200. The highest BCUT2D eigenvalue weighted by Gasteiger charge is 2.42. The lowest BCUT2D eigenvalue weighted by atomic mass is 10.00. The Morgan fingerprint density at radius 2 is 1.97 bits per heavy atom. The van der Waals surface area contributed by atoms with Gasteiger partial charge in [0.2, 0.25) is 5.91 Å². The zero-order chi connectivity index (χ0) is 24.5. The first-order valence-electron chi connectivity index (χ1n) is 12.2. The SMILES string of the molecule is CC(C)C(=O)Nc1ccc(N2C(=S)N[C@H](c3ccccn3)[C@H]2c2cccn2C2CCCC2)cc1Cl. The molecule has 2 N–H and O–H groups in total. The van der Waals surface area contributed by atoms with Crippen LogP contribution in [0, 0.1) is 5.92 Å². The van der Waals surface area contributed by atoms with Crippen LogP contribution in [0.5, 0.6) is 0 Å². The number of hydrogen-bond acceptors (Lipinski definition) is 3. The van der Waals surface area contributed by atoms with E-state index in [0.717, 1.165) is 11.4 Å².